The molecule has 2 fully saturated rings. The zero-order valence-electron chi connectivity index (χ0n) is 14.5. The van der Waals surface area contributed by atoms with E-state index in [1.165, 1.54) is 6.42 Å². The van der Waals surface area contributed by atoms with Gasteiger partial charge < -0.3 is 20.3 Å². The summed E-state index contributed by atoms with van der Waals surface area (Å²) < 4.78 is 5.61. The Balaban J connectivity index is 1.53. The fraction of sp³-hybridized carbons (Fsp3) is 0.647. The quantitative estimate of drug-likeness (QED) is 0.463. The van der Waals surface area contributed by atoms with Crippen LogP contribution in [0, 0.1) is 5.41 Å². The molecule has 0 aromatic carbocycles. The van der Waals surface area contributed by atoms with Crippen LogP contribution in [0.3, 0.4) is 0 Å². The van der Waals surface area contributed by atoms with Gasteiger partial charge in [0.2, 0.25) is 0 Å². The van der Waals surface area contributed by atoms with Gasteiger partial charge in [-0.15, -0.1) is 0 Å². The number of pyridine rings is 1. The number of nitrogens with zero attached hydrogens (tertiary/aromatic N) is 3. The molecule has 2 aliphatic rings. The highest BCUT2D eigenvalue weighted by atomic mass is 35.5. The molecule has 0 saturated carbocycles. The number of aromatic nitrogens is 1. The van der Waals surface area contributed by atoms with Crippen molar-refractivity contribution in [1.82, 2.24) is 15.2 Å². The van der Waals surface area contributed by atoms with E-state index in [1.54, 1.807) is 12.3 Å². The lowest BCUT2D eigenvalue weighted by atomic mass is 9.87. The van der Waals surface area contributed by atoms with Crippen LogP contribution in [0.4, 0.5) is 5.82 Å². The normalized spacial score (nSPS) is 23.5. The maximum Gasteiger partial charge on any atom is 0.193 e. The molecule has 1 spiro atoms. The van der Waals surface area contributed by atoms with Crippen molar-refractivity contribution < 1.29 is 4.74 Å². The lowest BCUT2D eigenvalue weighted by molar-refractivity contribution is 0.156. The van der Waals surface area contributed by atoms with Gasteiger partial charge in [0, 0.05) is 44.4 Å². The maximum atomic E-state index is 6.12. The van der Waals surface area contributed by atoms with Gasteiger partial charge in [0.1, 0.15) is 5.82 Å². The lowest BCUT2D eigenvalue weighted by Crippen LogP contribution is -2.41. The lowest BCUT2D eigenvalue weighted by Gasteiger charge is -2.25. The van der Waals surface area contributed by atoms with Crippen molar-refractivity contribution in [3.05, 3.63) is 22.3 Å². The predicted molar refractivity (Wildman–Crippen MR) is 103 cm³/mol. The highest BCUT2D eigenvalue weighted by Crippen LogP contribution is 2.38. The predicted octanol–water partition coefficient (Wildman–Crippen LogP) is 2.88. The molecule has 0 amide bonds. The first-order valence-electron chi connectivity index (χ1n) is 8.78. The highest BCUT2D eigenvalue weighted by Gasteiger charge is 2.42. The largest absolute Gasteiger partial charge is 0.381 e. The molecule has 3 heterocycles. The Labute approximate surface area is 158 Å². The van der Waals surface area contributed by atoms with Gasteiger partial charge in [0.05, 0.1) is 23.2 Å². The van der Waals surface area contributed by atoms with Gasteiger partial charge in [-0.25, -0.2) is 4.98 Å². The number of aliphatic imine (C=N–C) groups is 1. The molecule has 0 aliphatic carbocycles. The first-order valence-corrected chi connectivity index (χ1v) is 9.53. The molecular weight excluding hydrogens is 361 g/mol. The van der Waals surface area contributed by atoms with Crippen LogP contribution in [0.25, 0.3) is 0 Å². The minimum Gasteiger partial charge on any atom is -0.381 e. The van der Waals surface area contributed by atoms with E-state index in [1.807, 2.05) is 0 Å². The summed E-state index contributed by atoms with van der Waals surface area (Å²) in [5, 5.41) is 7.65. The van der Waals surface area contributed by atoms with Crippen LogP contribution in [-0.4, -0.2) is 61.8 Å². The Kier molecular flexibility index (Phi) is 6.25. The number of ether oxygens (including phenoxy) is 1. The molecule has 1 aromatic heterocycles. The van der Waals surface area contributed by atoms with Crippen LogP contribution in [0.1, 0.15) is 19.8 Å². The molecule has 1 atom stereocenters. The van der Waals surface area contributed by atoms with Gasteiger partial charge in [-0.05, 0) is 25.8 Å². The highest BCUT2D eigenvalue weighted by molar-refractivity contribution is 6.35. The fourth-order valence-corrected chi connectivity index (χ4v) is 3.84. The van der Waals surface area contributed by atoms with E-state index in [9.17, 15) is 0 Å². The number of hydrogen-bond donors (Lipinski definition) is 2. The first kappa shape index (κ1) is 18.5. The summed E-state index contributed by atoms with van der Waals surface area (Å²) in [5.41, 5.74) is 0.329. The fourth-order valence-electron chi connectivity index (χ4n) is 3.39. The smallest absolute Gasteiger partial charge is 0.193 e. The van der Waals surface area contributed by atoms with Crippen LogP contribution in [0.5, 0.6) is 0 Å². The Morgan fingerprint density at radius 1 is 1.44 bits per heavy atom. The minimum atomic E-state index is 0.329. The number of hydrogen-bond acceptors (Lipinski definition) is 4. The van der Waals surface area contributed by atoms with Crippen molar-refractivity contribution >= 4 is 35.0 Å². The Morgan fingerprint density at radius 2 is 2.32 bits per heavy atom. The second kappa shape index (κ2) is 8.43. The van der Waals surface area contributed by atoms with E-state index in [2.05, 4.69) is 27.4 Å². The van der Waals surface area contributed by atoms with Gasteiger partial charge in [-0.3, -0.25) is 4.99 Å². The molecular formula is C17H25Cl2N5O. The molecule has 2 aliphatic heterocycles. The monoisotopic (exact) mass is 385 g/mol. The third kappa shape index (κ3) is 4.68. The topological polar surface area (TPSA) is 61.8 Å². The molecule has 2 saturated heterocycles. The van der Waals surface area contributed by atoms with E-state index < -0.39 is 0 Å². The van der Waals surface area contributed by atoms with Crippen molar-refractivity contribution in [3.63, 3.8) is 0 Å². The van der Waals surface area contributed by atoms with E-state index in [4.69, 9.17) is 32.9 Å². The molecule has 6 nitrogen and oxygen atoms in total. The van der Waals surface area contributed by atoms with Gasteiger partial charge in [-0.2, -0.15) is 0 Å². The standard InChI is InChI=1S/C17H25Cl2N5O/c1-2-20-16(24-7-3-17(11-24)4-8-25-12-17)22-6-5-21-15-14(19)9-13(18)10-23-15/h9-10H,2-8,11-12H2,1H3,(H,20,22)(H,21,23). The molecule has 138 valence electrons. The molecule has 1 aromatic rings. The average Bonchev–Trinajstić information content (AvgIpc) is 3.22. The third-order valence-electron chi connectivity index (χ3n) is 4.73. The van der Waals surface area contributed by atoms with Crippen molar-refractivity contribution in [2.24, 2.45) is 10.4 Å². The zero-order valence-corrected chi connectivity index (χ0v) is 16.0. The van der Waals surface area contributed by atoms with E-state index in [0.29, 0.717) is 34.4 Å². The van der Waals surface area contributed by atoms with Crippen molar-refractivity contribution in [2.45, 2.75) is 19.8 Å². The summed E-state index contributed by atoms with van der Waals surface area (Å²) >= 11 is 12.0. The molecule has 8 heteroatoms. The second-order valence-corrected chi connectivity index (χ2v) is 7.46. The summed E-state index contributed by atoms with van der Waals surface area (Å²) in [7, 11) is 0. The first-order chi connectivity index (χ1) is 12.1. The van der Waals surface area contributed by atoms with Crippen LogP contribution >= 0.6 is 23.2 Å². The molecule has 0 radical (unpaired) electrons. The molecule has 0 bridgehead atoms. The van der Waals surface area contributed by atoms with E-state index >= 15 is 0 Å². The van der Waals surface area contributed by atoms with Crippen LogP contribution in [0.15, 0.2) is 17.3 Å². The number of halogens is 2. The summed E-state index contributed by atoms with van der Waals surface area (Å²) in [6.07, 6.45) is 3.92. The number of likely N-dealkylation sites (tertiary alicyclic amines) is 1. The number of nitrogens with one attached hydrogen (secondary N) is 2. The van der Waals surface area contributed by atoms with E-state index in [0.717, 1.165) is 45.2 Å². The Bertz CT molecular complexity index is 619. The van der Waals surface area contributed by atoms with Crippen LogP contribution in [0.2, 0.25) is 10.0 Å². The van der Waals surface area contributed by atoms with Crippen molar-refractivity contribution in [1.29, 1.82) is 0 Å². The molecule has 1 unspecified atom stereocenters. The van der Waals surface area contributed by atoms with Crippen molar-refractivity contribution in [2.75, 3.05) is 51.3 Å². The van der Waals surface area contributed by atoms with Gasteiger partial charge >= 0.3 is 0 Å². The molecule has 2 N–H and O–H groups in total. The number of guanidine groups is 1. The van der Waals surface area contributed by atoms with Gasteiger partial charge in [0.15, 0.2) is 5.96 Å². The Morgan fingerprint density at radius 3 is 3.04 bits per heavy atom. The Hall–Kier alpha value is -1.24. The third-order valence-corrected chi connectivity index (χ3v) is 5.23. The summed E-state index contributed by atoms with van der Waals surface area (Å²) in [6.45, 7) is 8.08. The number of anilines is 1. The average molecular weight is 386 g/mol. The van der Waals surface area contributed by atoms with Crippen LogP contribution in [-0.2, 0) is 4.74 Å². The summed E-state index contributed by atoms with van der Waals surface area (Å²) in [4.78, 5) is 11.3. The molecule has 3 rings (SSSR count). The SMILES string of the molecule is CCNC(=NCCNc1ncc(Cl)cc1Cl)N1CCC2(CCOC2)C1. The summed E-state index contributed by atoms with van der Waals surface area (Å²) in [6, 6.07) is 1.68. The zero-order chi connectivity index (χ0) is 17.7. The maximum absolute atomic E-state index is 6.12. The van der Waals surface area contributed by atoms with Crippen LogP contribution < -0.4 is 10.6 Å². The second-order valence-electron chi connectivity index (χ2n) is 6.62. The van der Waals surface area contributed by atoms with Crippen molar-refractivity contribution in [3.8, 4) is 0 Å². The number of rotatable bonds is 5. The van der Waals surface area contributed by atoms with Gasteiger partial charge in [-0.1, -0.05) is 23.2 Å². The molecule has 25 heavy (non-hydrogen) atoms. The van der Waals surface area contributed by atoms with E-state index in [-0.39, 0.29) is 0 Å². The van der Waals surface area contributed by atoms with Gasteiger partial charge in [0.25, 0.3) is 0 Å². The summed E-state index contributed by atoms with van der Waals surface area (Å²) in [5.74, 6) is 1.61. The minimum absolute atomic E-state index is 0.329.